The van der Waals surface area contributed by atoms with Gasteiger partial charge in [0.2, 0.25) is 6.41 Å². The van der Waals surface area contributed by atoms with Gasteiger partial charge in [0.15, 0.2) is 0 Å². The van der Waals surface area contributed by atoms with Crippen molar-refractivity contribution in [2.45, 2.75) is 103 Å². The molecule has 1 unspecified atom stereocenters. The van der Waals surface area contributed by atoms with Gasteiger partial charge < -0.3 is 24.4 Å². The molecular formula is C42H55ClN6O3. The molecule has 2 fully saturated rings. The van der Waals surface area contributed by atoms with Crippen LogP contribution in [-0.4, -0.2) is 75.2 Å². The SMILES string of the molecule is CC1CNCCN1C(=O)OC1CCCCC1.CCc1cn(CCCN(C=O)Cc2ccccc2)cn1.Clc1ccc2c(c1)CCc1cccnc1C2. The highest BCUT2D eigenvalue weighted by Gasteiger charge is 2.27. The molecule has 52 heavy (non-hydrogen) atoms. The summed E-state index contributed by atoms with van der Waals surface area (Å²) in [5, 5.41) is 4.10. The number of imidazole rings is 1. The molecule has 0 spiro atoms. The van der Waals surface area contributed by atoms with Gasteiger partial charge in [-0.1, -0.05) is 67.4 Å². The predicted molar refractivity (Wildman–Crippen MR) is 207 cm³/mol. The number of aryl methyl sites for hydroxylation is 4. The second-order valence-electron chi connectivity index (χ2n) is 14.0. The molecule has 278 valence electrons. The van der Waals surface area contributed by atoms with Crippen LogP contribution < -0.4 is 5.32 Å². The third kappa shape index (κ3) is 12.2. The smallest absolute Gasteiger partial charge is 0.410 e. The number of ether oxygens (including phenoxy) is 1. The van der Waals surface area contributed by atoms with Gasteiger partial charge in [-0.25, -0.2) is 9.78 Å². The van der Waals surface area contributed by atoms with Crippen LogP contribution in [-0.2, 0) is 48.3 Å². The van der Waals surface area contributed by atoms with E-state index in [9.17, 15) is 9.59 Å². The molecule has 1 saturated carbocycles. The molecule has 1 atom stereocenters. The summed E-state index contributed by atoms with van der Waals surface area (Å²) in [5.74, 6) is 0. The van der Waals surface area contributed by atoms with Gasteiger partial charge in [-0.2, -0.15) is 0 Å². The molecule has 2 amide bonds. The van der Waals surface area contributed by atoms with Gasteiger partial charge >= 0.3 is 6.09 Å². The van der Waals surface area contributed by atoms with Crippen LogP contribution in [0.5, 0.6) is 0 Å². The highest BCUT2D eigenvalue weighted by molar-refractivity contribution is 6.30. The summed E-state index contributed by atoms with van der Waals surface area (Å²) in [6.45, 7) is 9.02. The van der Waals surface area contributed by atoms with E-state index in [4.69, 9.17) is 16.3 Å². The fraction of sp³-hybridized carbons (Fsp3) is 0.476. The zero-order chi connectivity index (χ0) is 36.5. The van der Waals surface area contributed by atoms with Crippen LogP contribution in [0, 0.1) is 0 Å². The van der Waals surface area contributed by atoms with E-state index in [2.05, 4.69) is 58.1 Å². The maximum absolute atomic E-state index is 12.0. The average Bonchev–Trinajstić information content (AvgIpc) is 3.56. The molecule has 3 heterocycles. The molecule has 2 aliphatic carbocycles. The van der Waals surface area contributed by atoms with Crippen LogP contribution in [0.4, 0.5) is 4.79 Å². The largest absolute Gasteiger partial charge is 0.446 e. The Bertz CT molecular complexity index is 1680. The molecule has 9 nitrogen and oxygen atoms in total. The number of aromatic nitrogens is 3. The topological polar surface area (TPSA) is 92.6 Å². The number of halogens is 1. The van der Waals surface area contributed by atoms with E-state index in [-0.39, 0.29) is 18.2 Å². The van der Waals surface area contributed by atoms with Crippen molar-refractivity contribution in [3.8, 4) is 0 Å². The Morgan fingerprint density at radius 2 is 1.83 bits per heavy atom. The summed E-state index contributed by atoms with van der Waals surface area (Å²) in [5.41, 5.74) is 7.59. The van der Waals surface area contributed by atoms with Gasteiger partial charge in [-0.05, 0) is 98.7 Å². The molecule has 10 heteroatoms. The lowest BCUT2D eigenvalue weighted by Gasteiger charge is -2.34. The zero-order valence-electron chi connectivity index (χ0n) is 30.9. The Kier molecular flexibility index (Phi) is 15.6. The van der Waals surface area contributed by atoms with Gasteiger partial charge in [0.1, 0.15) is 6.10 Å². The van der Waals surface area contributed by atoms with Crippen LogP contribution in [0.15, 0.2) is 79.4 Å². The minimum Gasteiger partial charge on any atom is -0.446 e. The summed E-state index contributed by atoms with van der Waals surface area (Å²) in [6.07, 6.45) is 17.5. The van der Waals surface area contributed by atoms with E-state index in [1.165, 1.54) is 41.6 Å². The Labute approximate surface area is 314 Å². The minimum atomic E-state index is -0.110. The maximum Gasteiger partial charge on any atom is 0.410 e. The summed E-state index contributed by atoms with van der Waals surface area (Å²) >= 11 is 6.03. The molecule has 1 aliphatic heterocycles. The quantitative estimate of drug-likeness (QED) is 0.178. The van der Waals surface area contributed by atoms with Crippen LogP contribution in [0.3, 0.4) is 0 Å². The van der Waals surface area contributed by atoms with E-state index in [1.54, 1.807) is 0 Å². The number of hydrogen-bond donors (Lipinski definition) is 1. The first-order valence-corrected chi connectivity index (χ1v) is 19.4. The molecule has 2 aromatic carbocycles. The van der Waals surface area contributed by atoms with Crippen LogP contribution in [0.1, 0.15) is 86.0 Å². The lowest BCUT2D eigenvalue weighted by molar-refractivity contribution is -0.118. The number of nitrogens with one attached hydrogen (secondary N) is 1. The second kappa shape index (κ2) is 20.7. The van der Waals surface area contributed by atoms with Crippen molar-refractivity contribution in [1.82, 2.24) is 29.7 Å². The first-order chi connectivity index (χ1) is 25.4. The Morgan fingerprint density at radius 1 is 1.02 bits per heavy atom. The van der Waals surface area contributed by atoms with Crippen LogP contribution in [0.25, 0.3) is 0 Å². The van der Waals surface area contributed by atoms with Crippen molar-refractivity contribution in [3.63, 3.8) is 0 Å². The third-order valence-electron chi connectivity index (χ3n) is 10.0. The lowest BCUT2D eigenvalue weighted by atomic mass is 9.98. The van der Waals surface area contributed by atoms with Crippen molar-refractivity contribution in [2.75, 3.05) is 26.2 Å². The van der Waals surface area contributed by atoms with Crippen molar-refractivity contribution in [1.29, 1.82) is 0 Å². The molecule has 0 bridgehead atoms. The minimum absolute atomic E-state index is 0.110. The number of nitrogens with zero attached hydrogens (tertiary/aromatic N) is 5. The number of carbonyl (C=O) groups excluding carboxylic acids is 2. The number of pyridine rings is 1. The monoisotopic (exact) mass is 726 g/mol. The number of carbonyl (C=O) groups is 2. The first-order valence-electron chi connectivity index (χ1n) is 19.0. The van der Waals surface area contributed by atoms with E-state index in [0.29, 0.717) is 6.54 Å². The molecule has 3 aliphatic rings. The Balaban J connectivity index is 0.000000152. The number of rotatable bonds is 9. The van der Waals surface area contributed by atoms with Gasteiger partial charge in [-0.3, -0.25) is 9.78 Å². The molecule has 4 aromatic rings. The molecule has 1 saturated heterocycles. The van der Waals surface area contributed by atoms with Crippen LogP contribution >= 0.6 is 11.6 Å². The normalized spacial score (nSPS) is 16.8. The number of piperazine rings is 1. The summed E-state index contributed by atoms with van der Waals surface area (Å²) in [7, 11) is 0. The van der Waals surface area contributed by atoms with Crippen molar-refractivity contribution in [2.24, 2.45) is 0 Å². The Hall–Kier alpha value is -4.21. The fourth-order valence-corrected chi connectivity index (χ4v) is 7.16. The zero-order valence-corrected chi connectivity index (χ0v) is 31.6. The highest BCUT2D eigenvalue weighted by atomic mass is 35.5. The third-order valence-corrected chi connectivity index (χ3v) is 10.3. The fourth-order valence-electron chi connectivity index (χ4n) is 6.97. The first kappa shape index (κ1) is 39.0. The van der Waals surface area contributed by atoms with Crippen molar-refractivity contribution >= 4 is 24.1 Å². The highest BCUT2D eigenvalue weighted by Crippen LogP contribution is 2.25. The maximum atomic E-state index is 12.0. The second-order valence-corrected chi connectivity index (χ2v) is 14.4. The molecule has 0 radical (unpaired) electrons. The predicted octanol–water partition coefficient (Wildman–Crippen LogP) is 7.67. The summed E-state index contributed by atoms with van der Waals surface area (Å²) < 4.78 is 7.65. The van der Waals surface area contributed by atoms with Gasteiger partial charge in [0, 0.05) is 74.8 Å². The van der Waals surface area contributed by atoms with E-state index < -0.39 is 0 Å². The molecule has 7 rings (SSSR count). The standard InChI is InChI=1S/C16H21N3O.C14H12ClN.C12H22N2O2/c1-2-16-12-18(13-17-16)9-6-10-19(14-20)11-15-7-4-3-5-8-15;15-13-6-5-12-9-14-10(2-1-7-16-14)3-4-11(12)8-13;1-10-9-13-7-8-14(10)12(15)16-11-5-3-2-4-6-11/h3-5,7-8,12-14H,2,6,9-11H2,1H3;1-2,5-8H,3-4,9H2;10-11,13H,2-9H2,1H3. The average molecular weight is 727 g/mol. The molecule has 1 N–H and O–H groups in total. The van der Waals surface area contributed by atoms with Crippen molar-refractivity contribution in [3.05, 3.63) is 118 Å². The lowest BCUT2D eigenvalue weighted by Crippen LogP contribution is -2.52. The van der Waals surface area contributed by atoms with Crippen molar-refractivity contribution < 1.29 is 14.3 Å². The van der Waals surface area contributed by atoms with Crippen LogP contribution in [0.2, 0.25) is 5.02 Å². The van der Waals surface area contributed by atoms with E-state index >= 15 is 0 Å². The summed E-state index contributed by atoms with van der Waals surface area (Å²) in [6, 6.07) is 20.7. The number of amides is 2. The van der Waals surface area contributed by atoms with E-state index in [1.807, 2.05) is 64.8 Å². The van der Waals surface area contributed by atoms with Gasteiger partial charge in [-0.15, -0.1) is 0 Å². The number of hydrogen-bond acceptors (Lipinski definition) is 6. The van der Waals surface area contributed by atoms with E-state index in [0.717, 1.165) is 100 Å². The van der Waals surface area contributed by atoms with Gasteiger partial charge in [0.05, 0.1) is 12.0 Å². The number of benzene rings is 2. The molecular weight excluding hydrogens is 672 g/mol. The van der Waals surface area contributed by atoms with Gasteiger partial charge in [0.25, 0.3) is 0 Å². The number of fused-ring (bicyclic) bond motifs is 2. The summed E-state index contributed by atoms with van der Waals surface area (Å²) in [4.78, 5) is 35.5. The molecule has 2 aromatic heterocycles. The Morgan fingerprint density at radius 3 is 2.58 bits per heavy atom.